The summed E-state index contributed by atoms with van der Waals surface area (Å²) >= 11 is 1.85. The Kier molecular flexibility index (Phi) is 5.01. The molecule has 18 heavy (non-hydrogen) atoms. The van der Waals surface area contributed by atoms with E-state index in [-0.39, 0.29) is 12.4 Å². The van der Waals surface area contributed by atoms with E-state index < -0.39 is 0 Å². The van der Waals surface area contributed by atoms with Crippen molar-refractivity contribution in [3.63, 3.8) is 0 Å². The molecule has 1 aliphatic heterocycles. The summed E-state index contributed by atoms with van der Waals surface area (Å²) in [5.74, 6) is 0.793. The normalized spacial score (nSPS) is 24.8. The fourth-order valence-corrected chi connectivity index (χ4v) is 3.62. The van der Waals surface area contributed by atoms with Crippen LogP contribution in [0.1, 0.15) is 42.2 Å². The van der Waals surface area contributed by atoms with Crippen molar-refractivity contribution in [2.24, 2.45) is 0 Å². The molecule has 3 nitrogen and oxygen atoms in total. The van der Waals surface area contributed by atoms with Crippen LogP contribution in [0, 0.1) is 0 Å². The molecule has 5 heteroatoms. The minimum absolute atomic E-state index is 0. The van der Waals surface area contributed by atoms with Crippen LogP contribution in [0.3, 0.4) is 0 Å². The number of thiazole rings is 1. The molecule has 3 rings (SSSR count). The Morgan fingerprint density at radius 2 is 2.28 bits per heavy atom. The van der Waals surface area contributed by atoms with Gasteiger partial charge in [-0.2, -0.15) is 0 Å². The van der Waals surface area contributed by atoms with Crippen LogP contribution in [0.2, 0.25) is 0 Å². The van der Waals surface area contributed by atoms with Crippen LogP contribution < -0.4 is 5.32 Å². The molecule has 1 aromatic heterocycles. The van der Waals surface area contributed by atoms with Crippen LogP contribution in [0.4, 0.5) is 0 Å². The van der Waals surface area contributed by atoms with Crippen molar-refractivity contribution in [3.05, 3.63) is 16.1 Å². The van der Waals surface area contributed by atoms with Crippen molar-refractivity contribution in [1.82, 2.24) is 15.2 Å². The summed E-state index contributed by atoms with van der Waals surface area (Å²) < 4.78 is 0. The van der Waals surface area contributed by atoms with Crippen molar-refractivity contribution in [2.75, 3.05) is 20.1 Å². The first-order valence-electron chi connectivity index (χ1n) is 6.68. The zero-order valence-corrected chi connectivity index (χ0v) is 12.5. The molecule has 1 unspecified atom stereocenters. The predicted octanol–water partition coefficient (Wildman–Crippen LogP) is 2.63. The summed E-state index contributed by atoms with van der Waals surface area (Å²) in [5.41, 5.74) is 3.43. The van der Waals surface area contributed by atoms with Gasteiger partial charge in [0.2, 0.25) is 0 Å². The first-order valence-corrected chi connectivity index (χ1v) is 7.56. The molecule has 2 heterocycles. The van der Waals surface area contributed by atoms with Crippen LogP contribution in [-0.2, 0) is 6.54 Å². The lowest BCUT2D eigenvalue weighted by Gasteiger charge is -2.32. The molecular formula is C13H22ClN3S. The Morgan fingerprint density at radius 1 is 1.44 bits per heavy atom. The number of halogens is 1. The smallest absolute Gasteiger partial charge is 0.0798 e. The molecule has 102 valence electrons. The molecule has 0 aromatic carbocycles. The van der Waals surface area contributed by atoms with Gasteiger partial charge in [-0.1, -0.05) is 0 Å². The molecule has 1 saturated carbocycles. The zero-order chi connectivity index (χ0) is 11.7. The van der Waals surface area contributed by atoms with Crippen LogP contribution in [0.5, 0.6) is 0 Å². The number of nitrogens with zero attached hydrogens (tertiary/aromatic N) is 2. The summed E-state index contributed by atoms with van der Waals surface area (Å²) in [4.78, 5) is 8.66. The van der Waals surface area contributed by atoms with Gasteiger partial charge < -0.3 is 5.32 Å². The monoisotopic (exact) mass is 287 g/mol. The highest BCUT2D eigenvalue weighted by molar-refractivity contribution is 7.09. The van der Waals surface area contributed by atoms with Gasteiger partial charge in [-0.3, -0.25) is 4.90 Å². The van der Waals surface area contributed by atoms with Crippen molar-refractivity contribution >= 4 is 23.7 Å². The Bertz CT molecular complexity index is 378. The van der Waals surface area contributed by atoms with Gasteiger partial charge in [0.05, 0.1) is 11.2 Å². The molecule has 2 fully saturated rings. The molecule has 0 amide bonds. The highest BCUT2D eigenvalue weighted by Gasteiger charge is 2.29. The van der Waals surface area contributed by atoms with E-state index in [1.807, 2.05) is 16.8 Å². The van der Waals surface area contributed by atoms with Gasteiger partial charge >= 0.3 is 0 Å². The summed E-state index contributed by atoms with van der Waals surface area (Å²) in [6.07, 6.45) is 5.36. The zero-order valence-electron chi connectivity index (χ0n) is 10.9. The lowest BCUT2D eigenvalue weighted by molar-refractivity contribution is 0.189. The minimum Gasteiger partial charge on any atom is -0.316 e. The average molecular weight is 288 g/mol. The molecule has 1 atom stereocenters. The summed E-state index contributed by atoms with van der Waals surface area (Å²) in [6, 6.07) is 0.682. The summed E-state index contributed by atoms with van der Waals surface area (Å²) in [6.45, 7) is 3.56. The van der Waals surface area contributed by atoms with E-state index >= 15 is 0 Å². The Morgan fingerprint density at radius 3 is 3.00 bits per heavy atom. The number of hydrogen-bond donors (Lipinski definition) is 1. The number of aromatic nitrogens is 1. The van der Waals surface area contributed by atoms with Crippen molar-refractivity contribution in [1.29, 1.82) is 0 Å². The third-order valence-corrected chi connectivity index (χ3v) is 4.75. The van der Waals surface area contributed by atoms with Gasteiger partial charge in [-0.15, -0.1) is 23.7 Å². The number of nitrogens with one attached hydrogen (secondary N) is 1. The summed E-state index contributed by atoms with van der Waals surface area (Å²) in [7, 11) is 2.08. The van der Waals surface area contributed by atoms with E-state index in [4.69, 9.17) is 0 Å². The standard InChI is InChI=1S/C13H21N3S.ClH/c1-14-11-3-2-6-16(7-11)8-12-13(10-4-5-10)15-9-17-12;/h9-11,14H,2-8H2,1H3;1H. The molecule has 1 saturated heterocycles. The maximum Gasteiger partial charge on any atom is 0.0798 e. The molecule has 0 radical (unpaired) electrons. The van der Waals surface area contributed by atoms with Crippen LogP contribution >= 0.6 is 23.7 Å². The Labute approximate surface area is 119 Å². The third-order valence-electron chi connectivity index (χ3n) is 3.92. The predicted molar refractivity (Wildman–Crippen MR) is 78.7 cm³/mol. The topological polar surface area (TPSA) is 28.2 Å². The SMILES string of the molecule is CNC1CCCN(Cc2scnc2C2CC2)C1.Cl. The fourth-order valence-electron chi connectivity index (χ4n) is 2.73. The van der Waals surface area contributed by atoms with E-state index in [2.05, 4.69) is 22.2 Å². The molecule has 2 aliphatic rings. The van der Waals surface area contributed by atoms with Gasteiger partial charge in [0.25, 0.3) is 0 Å². The first kappa shape index (κ1) is 14.3. The number of hydrogen-bond acceptors (Lipinski definition) is 4. The van der Waals surface area contributed by atoms with Gasteiger partial charge in [0.1, 0.15) is 0 Å². The second kappa shape index (κ2) is 6.33. The number of piperidine rings is 1. The third kappa shape index (κ3) is 3.23. The second-order valence-corrected chi connectivity index (χ2v) is 6.24. The van der Waals surface area contributed by atoms with Gasteiger partial charge in [0.15, 0.2) is 0 Å². The highest BCUT2D eigenvalue weighted by Crippen LogP contribution is 2.42. The minimum atomic E-state index is 0. The Hall–Kier alpha value is -0.160. The summed E-state index contributed by atoms with van der Waals surface area (Å²) in [5, 5.41) is 3.41. The second-order valence-electron chi connectivity index (χ2n) is 5.30. The lowest BCUT2D eigenvalue weighted by Crippen LogP contribution is -2.43. The molecule has 1 N–H and O–H groups in total. The first-order chi connectivity index (χ1) is 8.36. The fraction of sp³-hybridized carbons (Fsp3) is 0.769. The number of likely N-dealkylation sites (tertiary alicyclic amines) is 1. The average Bonchev–Trinajstić information content (AvgIpc) is 3.11. The van der Waals surface area contributed by atoms with E-state index in [1.165, 1.54) is 49.3 Å². The van der Waals surface area contributed by atoms with Gasteiger partial charge in [-0.05, 0) is 39.3 Å². The van der Waals surface area contributed by atoms with E-state index in [9.17, 15) is 0 Å². The molecule has 1 aromatic rings. The van der Waals surface area contributed by atoms with Crippen LogP contribution in [-0.4, -0.2) is 36.1 Å². The van der Waals surface area contributed by atoms with Gasteiger partial charge in [0, 0.05) is 29.9 Å². The van der Waals surface area contributed by atoms with Crippen LogP contribution in [0.15, 0.2) is 5.51 Å². The van der Waals surface area contributed by atoms with Crippen molar-refractivity contribution in [2.45, 2.75) is 44.2 Å². The molecule has 0 bridgehead atoms. The molecule has 1 aliphatic carbocycles. The van der Waals surface area contributed by atoms with Crippen LogP contribution in [0.25, 0.3) is 0 Å². The maximum atomic E-state index is 4.56. The largest absolute Gasteiger partial charge is 0.316 e. The molecular weight excluding hydrogens is 266 g/mol. The van der Waals surface area contributed by atoms with E-state index in [0.717, 1.165) is 12.5 Å². The highest BCUT2D eigenvalue weighted by atomic mass is 35.5. The van der Waals surface area contributed by atoms with Gasteiger partial charge in [-0.25, -0.2) is 4.98 Å². The Balaban J connectivity index is 0.00000120. The quantitative estimate of drug-likeness (QED) is 0.923. The van der Waals surface area contributed by atoms with Crippen molar-refractivity contribution in [3.8, 4) is 0 Å². The number of rotatable bonds is 4. The van der Waals surface area contributed by atoms with E-state index in [1.54, 1.807) is 0 Å². The van der Waals surface area contributed by atoms with Crippen molar-refractivity contribution < 1.29 is 0 Å². The number of likely N-dealkylation sites (N-methyl/N-ethyl adjacent to an activating group) is 1. The molecule has 0 spiro atoms. The lowest BCUT2D eigenvalue weighted by atomic mass is 10.1. The maximum absolute atomic E-state index is 4.56. The van der Waals surface area contributed by atoms with E-state index in [0.29, 0.717) is 6.04 Å².